The lowest BCUT2D eigenvalue weighted by molar-refractivity contribution is 0.627. The maximum atomic E-state index is 14.2. The van der Waals surface area contributed by atoms with Crippen molar-refractivity contribution in [1.29, 1.82) is 0 Å². The normalized spacial score (nSPS) is 11.1. The fraction of sp³-hybridized carbons (Fsp3) is 0. The van der Waals surface area contributed by atoms with Gasteiger partial charge in [0.2, 0.25) is 0 Å². The van der Waals surface area contributed by atoms with Gasteiger partial charge in [0.25, 0.3) is 0 Å². The Balaban J connectivity index is 1.67. The van der Waals surface area contributed by atoms with Gasteiger partial charge in [-0.05, 0) is 36.4 Å². The quantitative estimate of drug-likeness (QED) is 0.222. The molecule has 0 saturated carbocycles. The van der Waals surface area contributed by atoms with Crippen LogP contribution in [0.3, 0.4) is 0 Å². The van der Waals surface area contributed by atoms with E-state index in [1.807, 2.05) is 54.6 Å². The summed E-state index contributed by atoms with van der Waals surface area (Å²) in [5.74, 6) is -0.822. The third-order valence-electron chi connectivity index (χ3n) is 5.88. The Hall–Kier alpha value is -4.36. The summed E-state index contributed by atoms with van der Waals surface area (Å²) < 4.78 is 29.3. The third-order valence-corrected chi connectivity index (χ3v) is 6.41. The molecule has 0 aliphatic carbocycles. The third kappa shape index (κ3) is 4.61. The Kier molecular flexibility index (Phi) is 5.98. The van der Waals surface area contributed by atoms with Crippen molar-refractivity contribution in [2.45, 2.75) is 0 Å². The van der Waals surface area contributed by atoms with Gasteiger partial charge in [0.1, 0.15) is 11.6 Å². The number of fused-ring (bicyclic) bond motifs is 1. The number of aromatic nitrogens is 4. The highest BCUT2D eigenvalue weighted by molar-refractivity contribution is 9.10. The summed E-state index contributed by atoms with van der Waals surface area (Å²) in [7, 11) is 0. The van der Waals surface area contributed by atoms with Gasteiger partial charge in [-0.3, -0.25) is 0 Å². The van der Waals surface area contributed by atoms with Crippen LogP contribution in [0.15, 0.2) is 108 Å². The highest BCUT2D eigenvalue weighted by atomic mass is 79.9. The van der Waals surface area contributed by atoms with Gasteiger partial charge in [-0.25, -0.2) is 28.7 Å². The Morgan fingerprint density at radius 2 is 0.838 bits per heavy atom. The smallest absolute Gasteiger partial charge is 0.199 e. The summed E-state index contributed by atoms with van der Waals surface area (Å²) in [5, 5.41) is 0. The molecule has 0 amide bonds. The second-order valence-electron chi connectivity index (χ2n) is 8.38. The lowest BCUT2D eigenvalue weighted by Crippen LogP contribution is -2.02. The van der Waals surface area contributed by atoms with Crippen molar-refractivity contribution in [3.8, 4) is 45.0 Å². The lowest BCUT2D eigenvalue weighted by atomic mass is 10.0. The molecule has 0 fully saturated rings. The zero-order valence-corrected chi connectivity index (χ0v) is 20.8. The Bertz CT molecular complexity index is 1760. The van der Waals surface area contributed by atoms with Crippen LogP contribution in [0.25, 0.3) is 56.3 Å². The van der Waals surface area contributed by atoms with Gasteiger partial charge in [0, 0.05) is 26.7 Å². The molecule has 37 heavy (non-hydrogen) atoms. The number of rotatable bonds is 4. The van der Waals surface area contributed by atoms with Crippen molar-refractivity contribution in [1.82, 2.24) is 19.9 Å². The van der Waals surface area contributed by atoms with Crippen LogP contribution >= 0.6 is 15.9 Å². The van der Waals surface area contributed by atoms with E-state index < -0.39 is 11.6 Å². The molecular formula is C30H17BrF2N4. The molecule has 6 aromatic rings. The van der Waals surface area contributed by atoms with Gasteiger partial charge in [-0.15, -0.1) is 0 Å². The molecule has 0 unspecified atom stereocenters. The van der Waals surface area contributed by atoms with Crippen molar-refractivity contribution < 1.29 is 8.78 Å². The van der Waals surface area contributed by atoms with Crippen molar-refractivity contribution in [2.24, 2.45) is 0 Å². The highest BCUT2D eigenvalue weighted by Gasteiger charge is 2.19. The maximum absolute atomic E-state index is 14.2. The van der Waals surface area contributed by atoms with E-state index in [9.17, 15) is 8.78 Å². The largest absolute Gasteiger partial charge is 0.223 e. The van der Waals surface area contributed by atoms with E-state index in [0.29, 0.717) is 45.2 Å². The van der Waals surface area contributed by atoms with E-state index >= 15 is 0 Å². The van der Waals surface area contributed by atoms with Crippen LogP contribution in [-0.4, -0.2) is 19.9 Å². The van der Waals surface area contributed by atoms with Crippen LogP contribution in [0.2, 0.25) is 0 Å². The summed E-state index contributed by atoms with van der Waals surface area (Å²) >= 11 is 3.48. The number of nitrogens with zero attached hydrogens (tertiary/aromatic N) is 4. The summed E-state index contributed by atoms with van der Waals surface area (Å²) in [4.78, 5) is 19.4. The SMILES string of the molecule is Fc1cccc(-c2nc3nc(-c4ccccc4)c(-c4ccc(Br)cc4)nc3nc2-c2cccc(F)c2)c1. The molecular weight excluding hydrogens is 534 g/mol. The van der Waals surface area contributed by atoms with Gasteiger partial charge in [-0.1, -0.05) is 82.7 Å². The fourth-order valence-corrected chi connectivity index (χ4v) is 4.43. The molecule has 0 aliphatic rings. The first kappa shape index (κ1) is 23.1. The van der Waals surface area contributed by atoms with E-state index in [-0.39, 0.29) is 0 Å². The molecule has 6 rings (SSSR count). The van der Waals surface area contributed by atoms with E-state index in [0.717, 1.165) is 15.6 Å². The Morgan fingerprint density at radius 1 is 0.432 bits per heavy atom. The zero-order valence-electron chi connectivity index (χ0n) is 19.2. The summed E-state index contributed by atoms with van der Waals surface area (Å²) in [6.07, 6.45) is 0. The first-order valence-electron chi connectivity index (χ1n) is 11.5. The number of hydrogen-bond acceptors (Lipinski definition) is 4. The van der Waals surface area contributed by atoms with Crippen molar-refractivity contribution >= 4 is 27.2 Å². The number of hydrogen-bond donors (Lipinski definition) is 0. The van der Waals surface area contributed by atoms with Crippen molar-refractivity contribution in [3.05, 3.63) is 119 Å². The standard InChI is InChI=1S/C30H17BrF2N4/c31-22-14-12-19(13-15-22)26-25(18-6-2-1-3-7-18)34-29-30(35-26)37-28(21-9-5-11-24(33)17-21)27(36-29)20-8-4-10-23(32)16-20/h1-17H. The average Bonchev–Trinajstić information content (AvgIpc) is 2.92. The van der Waals surface area contributed by atoms with Crippen LogP contribution in [0, 0.1) is 11.6 Å². The first-order valence-corrected chi connectivity index (χ1v) is 12.3. The second kappa shape index (κ2) is 9.59. The van der Waals surface area contributed by atoms with Crippen LogP contribution in [-0.2, 0) is 0 Å². The van der Waals surface area contributed by atoms with Crippen LogP contribution in [0.4, 0.5) is 8.78 Å². The molecule has 0 bridgehead atoms. The molecule has 4 aromatic carbocycles. The van der Waals surface area contributed by atoms with E-state index in [4.69, 9.17) is 19.9 Å². The molecule has 0 atom stereocenters. The van der Waals surface area contributed by atoms with E-state index in [2.05, 4.69) is 15.9 Å². The van der Waals surface area contributed by atoms with Crippen molar-refractivity contribution in [3.63, 3.8) is 0 Å². The summed E-state index contributed by atoms with van der Waals surface area (Å²) in [6, 6.07) is 29.6. The molecule has 0 aliphatic heterocycles. The average molecular weight is 551 g/mol. The topological polar surface area (TPSA) is 51.6 Å². The van der Waals surface area contributed by atoms with E-state index in [1.54, 1.807) is 24.3 Å². The minimum atomic E-state index is -0.411. The second-order valence-corrected chi connectivity index (χ2v) is 9.30. The van der Waals surface area contributed by atoms with Gasteiger partial charge in [-0.2, -0.15) is 0 Å². The molecule has 0 N–H and O–H groups in total. The zero-order chi connectivity index (χ0) is 25.4. The molecule has 2 heterocycles. The predicted octanol–water partition coefficient (Wildman–Crippen LogP) is 8.13. The molecule has 0 saturated heterocycles. The minimum Gasteiger partial charge on any atom is -0.223 e. The van der Waals surface area contributed by atoms with E-state index in [1.165, 1.54) is 24.3 Å². The molecule has 2 aromatic heterocycles. The fourth-order valence-electron chi connectivity index (χ4n) is 4.17. The highest BCUT2D eigenvalue weighted by Crippen LogP contribution is 2.34. The summed E-state index contributed by atoms with van der Waals surface area (Å²) in [6.45, 7) is 0. The summed E-state index contributed by atoms with van der Waals surface area (Å²) in [5.41, 5.74) is 5.43. The molecule has 0 spiro atoms. The van der Waals surface area contributed by atoms with Gasteiger partial charge >= 0.3 is 0 Å². The Labute approximate surface area is 219 Å². The molecule has 0 radical (unpaired) electrons. The number of halogens is 3. The molecule has 7 heteroatoms. The van der Waals surface area contributed by atoms with Crippen molar-refractivity contribution in [2.75, 3.05) is 0 Å². The maximum Gasteiger partial charge on any atom is 0.199 e. The predicted molar refractivity (Wildman–Crippen MR) is 144 cm³/mol. The van der Waals surface area contributed by atoms with Crippen LogP contribution in [0.1, 0.15) is 0 Å². The first-order chi connectivity index (χ1) is 18.0. The van der Waals surface area contributed by atoms with Gasteiger partial charge in [0.15, 0.2) is 11.3 Å². The van der Waals surface area contributed by atoms with Gasteiger partial charge in [0.05, 0.1) is 22.8 Å². The van der Waals surface area contributed by atoms with Gasteiger partial charge < -0.3 is 0 Å². The molecule has 4 nitrogen and oxygen atoms in total. The molecule has 178 valence electrons. The lowest BCUT2D eigenvalue weighted by Gasteiger charge is -2.13. The minimum absolute atomic E-state index is 0.303. The number of benzene rings is 4. The Morgan fingerprint density at radius 3 is 1.30 bits per heavy atom. The van der Waals surface area contributed by atoms with Crippen LogP contribution < -0.4 is 0 Å². The van der Waals surface area contributed by atoms with Crippen LogP contribution in [0.5, 0.6) is 0 Å². The monoisotopic (exact) mass is 550 g/mol.